The Morgan fingerprint density at radius 1 is 1.79 bits per heavy atom. The molecule has 3 N–H and O–H groups in total. The van der Waals surface area contributed by atoms with Gasteiger partial charge in [-0.1, -0.05) is 0 Å². The first kappa shape index (κ1) is 11.1. The highest BCUT2D eigenvalue weighted by Crippen LogP contribution is 2.11. The monoisotopic (exact) mass is 213 g/mol. The van der Waals surface area contributed by atoms with Crippen LogP contribution >= 0.6 is 11.3 Å². The molecule has 0 aliphatic carbocycles. The van der Waals surface area contributed by atoms with Gasteiger partial charge < -0.3 is 11.1 Å². The van der Waals surface area contributed by atoms with Gasteiger partial charge in [0, 0.05) is 11.4 Å². The molecule has 1 heterocycles. The zero-order chi connectivity index (χ0) is 10.6. The summed E-state index contributed by atoms with van der Waals surface area (Å²) in [6.45, 7) is 4.51. The fourth-order valence-corrected chi connectivity index (χ4v) is 1.85. The second-order valence-corrected chi connectivity index (χ2v) is 4.13. The number of carbonyl (C=O) groups is 1. The van der Waals surface area contributed by atoms with Crippen molar-refractivity contribution in [3.63, 3.8) is 0 Å². The Morgan fingerprint density at radius 3 is 3.00 bits per heavy atom. The van der Waals surface area contributed by atoms with Gasteiger partial charge in [0.2, 0.25) is 5.91 Å². The molecule has 4 nitrogen and oxygen atoms in total. The van der Waals surface area contributed by atoms with Crippen molar-refractivity contribution in [3.8, 4) is 0 Å². The van der Waals surface area contributed by atoms with E-state index in [-0.39, 0.29) is 11.9 Å². The largest absolute Gasteiger partial charge is 0.368 e. The summed E-state index contributed by atoms with van der Waals surface area (Å²) in [4.78, 5) is 16.1. The van der Waals surface area contributed by atoms with E-state index in [4.69, 9.17) is 5.73 Å². The van der Waals surface area contributed by atoms with Gasteiger partial charge in [-0.3, -0.25) is 4.79 Å². The van der Waals surface area contributed by atoms with E-state index in [2.05, 4.69) is 10.3 Å². The number of nitrogens with zero attached hydrogens (tertiary/aromatic N) is 1. The molecule has 1 amide bonds. The van der Waals surface area contributed by atoms with E-state index in [0.29, 0.717) is 0 Å². The molecular weight excluding hydrogens is 198 g/mol. The van der Waals surface area contributed by atoms with Crippen LogP contribution < -0.4 is 11.1 Å². The van der Waals surface area contributed by atoms with Crippen molar-refractivity contribution in [2.24, 2.45) is 5.73 Å². The van der Waals surface area contributed by atoms with Crippen LogP contribution in [0.25, 0.3) is 0 Å². The van der Waals surface area contributed by atoms with Crippen LogP contribution in [0.1, 0.15) is 17.5 Å². The van der Waals surface area contributed by atoms with Crippen molar-refractivity contribution in [1.82, 2.24) is 10.3 Å². The summed E-state index contributed by atoms with van der Waals surface area (Å²) >= 11 is 1.64. The molecule has 0 bridgehead atoms. The standard InChI is InChI=1S/C9H15N3OS/c1-6-8(14-5-12-6)3-4-11-7(2)9(10)13/h5,7,11H,3-4H2,1-2H3,(H2,10,13). The highest BCUT2D eigenvalue weighted by molar-refractivity contribution is 7.09. The fraction of sp³-hybridized carbons (Fsp3) is 0.556. The summed E-state index contributed by atoms with van der Waals surface area (Å²) in [5, 5.41) is 3.05. The lowest BCUT2D eigenvalue weighted by molar-refractivity contribution is -0.119. The lowest BCUT2D eigenvalue weighted by atomic mass is 10.2. The number of nitrogens with two attached hydrogens (primary N) is 1. The normalized spacial score (nSPS) is 12.7. The maximum atomic E-state index is 10.7. The van der Waals surface area contributed by atoms with Crippen LogP contribution in [0.4, 0.5) is 0 Å². The molecule has 78 valence electrons. The van der Waals surface area contributed by atoms with Gasteiger partial charge in [-0.25, -0.2) is 4.98 Å². The van der Waals surface area contributed by atoms with Crippen LogP contribution in [0.2, 0.25) is 0 Å². The van der Waals surface area contributed by atoms with Crippen molar-refractivity contribution < 1.29 is 4.79 Å². The van der Waals surface area contributed by atoms with Crippen molar-refractivity contribution in [3.05, 3.63) is 16.1 Å². The van der Waals surface area contributed by atoms with Crippen LogP contribution in [0.15, 0.2) is 5.51 Å². The first-order valence-electron chi connectivity index (χ1n) is 4.53. The molecule has 1 aromatic rings. The number of hydrogen-bond acceptors (Lipinski definition) is 4. The minimum Gasteiger partial charge on any atom is -0.368 e. The van der Waals surface area contributed by atoms with E-state index in [1.807, 2.05) is 12.4 Å². The Kier molecular flexibility index (Phi) is 4.03. The third kappa shape index (κ3) is 3.08. The first-order chi connectivity index (χ1) is 6.61. The Bertz CT molecular complexity index is 311. The summed E-state index contributed by atoms with van der Waals surface area (Å²) in [6.07, 6.45) is 0.897. The highest BCUT2D eigenvalue weighted by Gasteiger charge is 2.07. The zero-order valence-electron chi connectivity index (χ0n) is 8.41. The number of aryl methyl sites for hydroxylation is 1. The average Bonchev–Trinajstić information content (AvgIpc) is 2.51. The molecule has 5 heteroatoms. The predicted octanol–water partition coefficient (Wildman–Crippen LogP) is 0.457. The quantitative estimate of drug-likeness (QED) is 0.746. The minimum absolute atomic E-state index is 0.261. The van der Waals surface area contributed by atoms with Crippen molar-refractivity contribution in [1.29, 1.82) is 0 Å². The Morgan fingerprint density at radius 2 is 2.50 bits per heavy atom. The second kappa shape index (κ2) is 5.07. The Balaban J connectivity index is 2.29. The maximum Gasteiger partial charge on any atom is 0.234 e. The molecular formula is C9H15N3OS. The topological polar surface area (TPSA) is 68.0 Å². The fourth-order valence-electron chi connectivity index (χ4n) is 1.07. The van der Waals surface area contributed by atoms with E-state index in [9.17, 15) is 4.79 Å². The predicted molar refractivity (Wildman–Crippen MR) is 57.2 cm³/mol. The summed E-state index contributed by atoms with van der Waals surface area (Å²) in [7, 11) is 0. The maximum absolute atomic E-state index is 10.7. The van der Waals surface area contributed by atoms with E-state index in [1.165, 1.54) is 4.88 Å². The van der Waals surface area contributed by atoms with E-state index >= 15 is 0 Å². The third-order valence-electron chi connectivity index (χ3n) is 2.07. The number of aromatic nitrogens is 1. The van der Waals surface area contributed by atoms with Gasteiger partial charge >= 0.3 is 0 Å². The second-order valence-electron chi connectivity index (χ2n) is 3.19. The number of thiazole rings is 1. The van der Waals surface area contributed by atoms with E-state index in [1.54, 1.807) is 18.3 Å². The zero-order valence-corrected chi connectivity index (χ0v) is 9.23. The summed E-state index contributed by atoms with van der Waals surface area (Å²) < 4.78 is 0. The highest BCUT2D eigenvalue weighted by atomic mass is 32.1. The molecule has 1 aromatic heterocycles. The van der Waals surface area contributed by atoms with Gasteiger partial charge in [-0.05, 0) is 20.3 Å². The smallest absolute Gasteiger partial charge is 0.234 e. The van der Waals surface area contributed by atoms with Crippen LogP contribution in [-0.2, 0) is 11.2 Å². The van der Waals surface area contributed by atoms with Crippen molar-refractivity contribution >= 4 is 17.2 Å². The molecule has 0 aliphatic rings. The summed E-state index contributed by atoms with van der Waals surface area (Å²) in [5.41, 5.74) is 8.02. The average molecular weight is 213 g/mol. The van der Waals surface area contributed by atoms with E-state index < -0.39 is 0 Å². The number of primary amides is 1. The van der Waals surface area contributed by atoms with Gasteiger partial charge in [-0.2, -0.15) is 0 Å². The van der Waals surface area contributed by atoms with Gasteiger partial charge in [0.15, 0.2) is 0 Å². The molecule has 0 radical (unpaired) electrons. The van der Waals surface area contributed by atoms with Crippen LogP contribution in [0, 0.1) is 6.92 Å². The molecule has 0 aliphatic heterocycles. The third-order valence-corrected chi connectivity index (χ3v) is 3.07. The molecule has 0 saturated heterocycles. The molecule has 0 aromatic carbocycles. The van der Waals surface area contributed by atoms with Crippen LogP contribution in [0.5, 0.6) is 0 Å². The molecule has 0 saturated carbocycles. The molecule has 1 atom stereocenters. The Hall–Kier alpha value is -0.940. The number of rotatable bonds is 5. The van der Waals surface area contributed by atoms with Crippen molar-refractivity contribution in [2.45, 2.75) is 26.3 Å². The molecule has 0 fully saturated rings. The van der Waals surface area contributed by atoms with Crippen LogP contribution in [0.3, 0.4) is 0 Å². The summed E-state index contributed by atoms with van der Waals surface area (Å²) in [6, 6.07) is -0.261. The number of hydrogen-bond donors (Lipinski definition) is 2. The summed E-state index contributed by atoms with van der Waals surface area (Å²) in [5.74, 6) is -0.314. The van der Waals surface area contributed by atoms with Gasteiger partial charge in [-0.15, -0.1) is 11.3 Å². The number of carbonyl (C=O) groups excluding carboxylic acids is 1. The van der Waals surface area contributed by atoms with Gasteiger partial charge in [0.1, 0.15) is 0 Å². The Labute approximate surface area is 87.5 Å². The molecule has 1 rings (SSSR count). The van der Waals surface area contributed by atoms with Gasteiger partial charge in [0.05, 0.1) is 17.2 Å². The van der Waals surface area contributed by atoms with Crippen LogP contribution in [-0.4, -0.2) is 23.5 Å². The molecule has 1 unspecified atom stereocenters. The van der Waals surface area contributed by atoms with E-state index in [0.717, 1.165) is 18.7 Å². The minimum atomic E-state index is -0.314. The number of amides is 1. The lowest BCUT2D eigenvalue weighted by Gasteiger charge is -2.08. The SMILES string of the molecule is Cc1ncsc1CCNC(C)C(N)=O. The molecule has 14 heavy (non-hydrogen) atoms. The first-order valence-corrected chi connectivity index (χ1v) is 5.41. The molecule has 0 spiro atoms. The number of nitrogens with one attached hydrogen (secondary N) is 1. The lowest BCUT2D eigenvalue weighted by Crippen LogP contribution is -2.39. The van der Waals surface area contributed by atoms with Gasteiger partial charge in [0.25, 0.3) is 0 Å². The van der Waals surface area contributed by atoms with Crippen molar-refractivity contribution in [2.75, 3.05) is 6.54 Å².